The van der Waals surface area contributed by atoms with Gasteiger partial charge in [0.25, 0.3) is 0 Å². The van der Waals surface area contributed by atoms with Crippen LogP contribution < -0.4 is 9.47 Å². The molecule has 0 saturated heterocycles. The van der Waals surface area contributed by atoms with Gasteiger partial charge in [0.1, 0.15) is 29.9 Å². The molecule has 0 N–H and O–H groups in total. The number of halogens is 1. The van der Waals surface area contributed by atoms with E-state index in [0.717, 1.165) is 21.6 Å². The first-order valence-electron chi connectivity index (χ1n) is 9.77. The third-order valence-corrected chi connectivity index (χ3v) is 5.92. The third kappa shape index (κ3) is 5.39. The van der Waals surface area contributed by atoms with E-state index in [0.29, 0.717) is 35.1 Å². The van der Waals surface area contributed by atoms with E-state index in [1.165, 1.54) is 17.5 Å². The van der Waals surface area contributed by atoms with Crippen molar-refractivity contribution in [3.05, 3.63) is 88.0 Å². The van der Waals surface area contributed by atoms with E-state index in [4.69, 9.17) is 25.8 Å². The number of nitrogens with zero attached hydrogens (tertiary/aromatic N) is 1. The molecule has 0 fully saturated rings. The van der Waals surface area contributed by atoms with Crippen molar-refractivity contribution in [2.24, 2.45) is 0 Å². The zero-order valence-electron chi connectivity index (χ0n) is 16.8. The second-order valence-corrected chi connectivity index (χ2v) is 7.92. The van der Waals surface area contributed by atoms with E-state index in [1.807, 2.05) is 60.0 Å². The van der Waals surface area contributed by atoms with Gasteiger partial charge in [-0.05, 0) is 30.0 Å². The molecule has 2 aromatic heterocycles. The highest BCUT2D eigenvalue weighted by Gasteiger charge is 2.18. The van der Waals surface area contributed by atoms with Crippen molar-refractivity contribution in [3.8, 4) is 11.5 Å². The molecule has 4 aromatic rings. The molecule has 2 aromatic carbocycles. The number of esters is 1. The predicted molar refractivity (Wildman–Crippen MR) is 129 cm³/mol. The van der Waals surface area contributed by atoms with E-state index in [1.54, 1.807) is 6.92 Å². The van der Waals surface area contributed by atoms with Gasteiger partial charge in [0, 0.05) is 23.2 Å². The van der Waals surface area contributed by atoms with Crippen LogP contribution in [0.4, 0.5) is 0 Å². The Labute approximate surface area is 196 Å². The van der Waals surface area contributed by atoms with Gasteiger partial charge in [-0.25, -0.2) is 9.78 Å². The second kappa shape index (κ2) is 11.0. The van der Waals surface area contributed by atoms with E-state index < -0.39 is 5.97 Å². The van der Waals surface area contributed by atoms with Gasteiger partial charge in [-0.3, -0.25) is 0 Å². The van der Waals surface area contributed by atoms with E-state index >= 15 is 0 Å². The lowest BCUT2D eigenvalue weighted by Crippen LogP contribution is -2.05. The van der Waals surface area contributed by atoms with E-state index in [2.05, 4.69) is 4.98 Å². The first-order chi connectivity index (χ1) is 15.2. The molecular formula is C25H24ClNO4S. The standard InChI is InChI=1S/C24H20ClNO4S.CH4/c1-2-28-24(27)20-12-26-23(25)21-17(15-31-22(20)21)14-30-19-10-6-9-18(11-19)29-13-16-7-4-3-5-8-16;/h3-12,15H,2,13-14H2,1H3;1H4. The molecule has 0 unspecified atom stereocenters. The number of ether oxygens (including phenoxy) is 3. The molecule has 7 heteroatoms. The molecule has 4 rings (SSSR count). The number of thiophene rings is 1. The maximum absolute atomic E-state index is 12.2. The van der Waals surface area contributed by atoms with Crippen LogP contribution in [0.15, 0.2) is 66.2 Å². The van der Waals surface area contributed by atoms with Crippen LogP contribution in [0.5, 0.6) is 11.5 Å². The van der Waals surface area contributed by atoms with Gasteiger partial charge >= 0.3 is 5.97 Å². The quantitative estimate of drug-likeness (QED) is 0.207. The molecule has 32 heavy (non-hydrogen) atoms. The van der Waals surface area contributed by atoms with Crippen LogP contribution in [0.2, 0.25) is 5.15 Å². The van der Waals surface area contributed by atoms with Gasteiger partial charge in [0.15, 0.2) is 0 Å². The lowest BCUT2D eigenvalue weighted by atomic mass is 10.2. The maximum atomic E-state index is 12.2. The summed E-state index contributed by atoms with van der Waals surface area (Å²) in [6, 6.07) is 17.5. The van der Waals surface area contributed by atoms with Crippen molar-refractivity contribution in [1.82, 2.24) is 4.98 Å². The van der Waals surface area contributed by atoms with Gasteiger partial charge in [-0.1, -0.05) is 55.4 Å². The van der Waals surface area contributed by atoms with Crippen LogP contribution in [-0.4, -0.2) is 17.6 Å². The summed E-state index contributed by atoms with van der Waals surface area (Å²) in [5.41, 5.74) is 2.37. The predicted octanol–water partition coefficient (Wildman–Crippen LogP) is 6.92. The minimum absolute atomic E-state index is 0. The van der Waals surface area contributed by atoms with Crippen LogP contribution in [0, 0.1) is 0 Å². The van der Waals surface area contributed by atoms with Crippen LogP contribution in [0.25, 0.3) is 10.1 Å². The van der Waals surface area contributed by atoms with Crippen LogP contribution in [0.3, 0.4) is 0 Å². The molecule has 0 radical (unpaired) electrons. The summed E-state index contributed by atoms with van der Waals surface area (Å²) in [6.07, 6.45) is 1.46. The molecule has 0 bridgehead atoms. The van der Waals surface area contributed by atoms with Crippen molar-refractivity contribution in [2.45, 2.75) is 27.6 Å². The van der Waals surface area contributed by atoms with E-state index in [9.17, 15) is 4.79 Å². The Bertz CT molecular complexity index is 1190. The van der Waals surface area contributed by atoms with Crippen LogP contribution in [-0.2, 0) is 18.0 Å². The van der Waals surface area contributed by atoms with Crippen molar-refractivity contribution in [2.75, 3.05) is 6.61 Å². The fourth-order valence-electron chi connectivity index (χ4n) is 3.08. The molecule has 0 aliphatic rings. The van der Waals surface area contributed by atoms with Crippen molar-refractivity contribution >= 4 is 39.0 Å². The lowest BCUT2D eigenvalue weighted by Gasteiger charge is -2.10. The second-order valence-electron chi connectivity index (χ2n) is 6.69. The summed E-state index contributed by atoms with van der Waals surface area (Å²) < 4.78 is 17.7. The summed E-state index contributed by atoms with van der Waals surface area (Å²) in [6.45, 7) is 2.84. The number of rotatable bonds is 8. The Kier molecular flexibility index (Phi) is 8.09. The highest BCUT2D eigenvalue weighted by molar-refractivity contribution is 7.17. The number of aromatic nitrogens is 1. The molecule has 0 spiro atoms. The van der Waals surface area contributed by atoms with Crippen LogP contribution in [0.1, 0.15) is 35.8 Å². The summed E-state index contributed by atoms with van der Waals surface area (Å²) in [7, 11) is 0. The molecule has 0 aliphatic carbocycles. The Morgan fingerprint density at radius 3 is 2.47 bits per heavy atom. The number of carbonyl (C=O) groups is 1. The third-order valence-electron chi connectivity index (χ3n) is 4.57. The number of carbonyl (C=O) groups excluding carboxylic acids is 1. The Morgan fingerprint density at radius 1 is 1.03 bits per heavy atom. The monoisotopic (exact) mass is 469 g/mol. The largest absolute Gasteiger partial charge is 0.489 e. The normalized spacial score (nSPS) is 10.4. The molecule has 0 amide bonds. The lowest BCUT2D eigenvalue weighted by molar-refractivity contribution is 0.0528. The highest BCUT2D eigenvalue weighted by Crippen LogP contribution is 2.34. The van der Waals surface area contributed by atoms with Crippen LogP contribution >= 0.6 is 22.9 Å². The number of fused-ring (bicyclic) bond motifs is 1. The fourth-order valence-corrected chi connectivity index (χ4v) is 4.45. The average Bonchev–Trinajstić information content (AvgIpc) is 3.23. The van der Waals surface area contributed by atoms with Gasteiger partial charge < -0.3 is 14.2 Å². The molecule has 0 atom stereocenters. The number of benzene rings is 2. The average molecular weight is 470 g/mol. The fraction of sp³-hybridized carbons (Fsp3) is 0.200. The SMILES string of the molecule is C.CCOC(=O)c1cnc(Cl)c2c(COc3cccc(OCc4ccccc4)c3)csc12. The topological polar surface area (TPSA) is 57.7 Å². The summed E-state index contributed by atoms with van der Waals surface area (Å²) >= 11 is 7.75. The molecule has 166 valence electrons. The smallest absolute Gasteiger partial charge is 0.341 e. The minimum Gasteiger partial charge on any atom is -0.489 e. The van der Waals surface area contributed by atoms with Gasteiger partial charge in [-0.2, -0.15) is 0 Å². The summed E-state index contributed by atoms with van der Waals surface area (Å²) in [5.74, 6) is 0.991. The summed E-state index contributed by atoms with van der Waals surface area (Å²) in [4.78, 5) is 16.4. The van der Waals surface area contributed by atoms with Gasteiger partial charge in [0.05, 0.1) is 16.9 Å². The van der Waals surface area contributed by atoms with Gasteiger partial charge in [0.2, 0.25) is 0 Å². The molecule has 0 aliphatic heterocycles. The first-order valence-corrected chi connectivity index (χ1v) is 11.0. The van der Waals surface area contributed by atoms with Crippen molar-refractivity contribution in [1.29, 1.82) is 0 Å². The number of hydrogen-bond donors (Lipinski definition) is 0. The maximum Gasteiger partial charge on any atom is 0.341 e. The number of pyridine rings is 1. The molecule has 0 saturated carbocycles. The number of hydrogen-bond acceptors (Lipinski definition) is 6. The van der Waals surface area contributed by atoms with E-state index in [-0.39, 0.29) is 14.0 Å². The molecule has 5 nitrogen and oxygen atoms in total. The van der Waals surface area contributed by atoms with Crippen molar-refractivity contribution < 1.29 is 19.0 Å². The zero-order chi connectivity index (χ0) is 21.6. The Balaban J connectivity index is 0.00000289. The molecule has 2 heterocycles. The highest BCUT2D eigenvalue weighted by atomic mass is 35.5. The summed E-state index contributed by atoms with van der Waals surface area (Å²) in [5, 5.41) is 2.98. The van der Waals surface area contributed by atoms with Gasteiger partial charge in [-0.15, -0.1) is 11.3 Å². The zero-order valence-corrected chi connectivity index (χ0v) is 18.4. The Morgan fingerprint density at radius 2 is 1.75 bits per heavy atom. The first kappa shape index (κ1) is 23.6. The van der Waals surface area contributed by atoms with Crippen molar-refractivity contribution in [3.63, 3.8) is 0 Å². The Hall–Kier alpha value is -3.09. The minimum atomic E-state index is -0.408. The molecular weight excluding hydrogens is 446 g/mol.